The van der Waals surface area contributed by atoms with Crippen LogP contribution in [0, 0.1) is 11.8 Å². The number of halogens is 2. The summed E-state index contributed by atoms with van der Waals surface area (Å²) >= 11 is 12.2. The summed E-state index contributed by atoms with van der Waals surface area (Å²) in [5.74, 6) is 2.13. The zero-order valence-corrected chi connectivity index (χ0v) is 12.0. The fourth-order valence-corrected chi connectivity index (χ4v) is 3.42. The molecule has 0 saturated heterocycles. The van der Waals surface area contributed by atoms with E-state index in [1.54, 1.807) is 0 Å². The first-order chi connectivity index (χ1) is 9.15. The van der Waals surface area contributed by atoms with Crippen molar-refractivity contribution in [2.75, 3.05) is 5.73 Å². The topological polar surface area (TPSA) is 43.8 Å². The molecular formula is C14H15Cl2N3. The average Bonchev–Trinajstić information content (AvgIpc) is 3.24. The second-order valence-electron chi connectivity index (χ2n) is 5.76. The fraction of sp³-hybridized carbons (Fsp3) is 0.500. The van der Waals surface area contributed by atoms with Crippen molar-refractivity contribution in [2.24, 2.45) is 11.8 Å². The number of aromatic nitrogens is 2. The van der Waals surface area contributed by atoms with E-state index >= 15 is 0 Å². The Morgan fingerprint density at radius 3 is 2.26 bits per heavy atom. The minimum atomic E-state index is 0.502. The van der Waals surface area contributed by atoms with E-state index in [1.165, 1.54) is 25.7 Å². The van der Waals surface area contributed by atoms with Gasteiger partial charge in [-0.1, -0.05) is 23.2 Å². The third-order valence-electron chi connectivity index (χ3n) is 4.27. The average molecular weight is 296 g/mol. The van der Waals surface area contributed by atoms with Gasteiger partial charge in [0.25, 0.3) is 0 Å². The van der Waals surface area contributed by atoms with Crippen molar-refractivity contribution in [1.29, 1.82) is 0 Å². The lowest BCUT2D eigenvalue weighted by atomic mass is 10.1. The monoisotopic (exact) mass is 295 g/mol. The first kappa shape index (κ1) is 11.9. The number of imidazole rings is 1. The summed E-state index contributed by atoms with van der Waals surface area (Å²) in [7, 11) is 0. The van der Waals surface area contributed by atoms with Gasteiger partial charge >= 0.3 is 0 Å². The van der Waals surface area contributed by atoms with Gasteiger partial charge in [-0.05, 0) is 49.7 Å². The number of hydrogen-bond donors (Lipinski definition) is 1. The SMILES string of the molecule is Nc1nc2cc(Cl)c(Cl)cc2n1C(C1CC1)C1CC1. The molecule has 0 spiro atoms. The minimum absolute atomic E-state index is 0.502. The lowest BCUT2D eigenvalue weighted by molar-refractivity contribution is 0.409. The van der Waals surface area contributed by atoms with E-state index in [2.05, 4.69) is 9.55 Å². The molecule has 2 saturated carbocycles. The van der Waals surface area contributed by atoms with E-state index < -0.39 is 0 Å². The number of benzene rings is 1. The van der Waals surface area contributed by atoms with E-state index in [-0.39, 0.29) is 0 Å². The van der Waals surface area contributed by atoms with Crippen LogP contribution < -0.4 is 5.73 Å². The Morgan fingerprint density at radius 2 is 1.68 bits per heavy atom. The van der Waals surface area contributed by atoms with Crippen LogP contribution in [-0.2, 0) is 0 Å². The minimum Gasteiger partial charge on any atom is -0.369 e. The third-order valence-corrected chi connectivity index (χ3v) is 4.99. The summed E-state index contributed by atoms with van der Waals surface area (Å²) in [5.41, 5.74) is 8.02. The lowest BCUT2D eigenvalue weighted by Crippen LogP contribution is -2.15. The van der Waals surface area contributed by atoms with Crippen LogP contribution in [0.3, 0.4) is 0 Å². The van der Waals surface area contributed by atoms with Gasteiger partial charge in [-0.25, -0.2) is 4.98 Å². The first-order valence-corrected chi connectivity index (χ1v) is 7.53. The maximum atomic E-state index is 6.15. The molecule has 0 bridgehead atoms. The van der Waals surface area contributed by atoms with Crippen LogP contribution in [0.15, 0.2) is 12.1 Å². The molecule has 2 aromatic rings. The third kappa shape index (κ3) is 1.91. The smallest absolute Gasteiger partial charge is 0.201 e. The summed E-state index contributed by atoms with van der Waals surface area (Å²) in [6.07, 6.45) is 5.23. The molecule has 2 aliphatic rings. The van der Waals surface area contributed by atoms with Crippen LogP contribution in [-0.4, -0.2) is 9.55 Å². The van der Waals surface area contributed by atoms with Crippen LogP contribution >= 0.6 is 23.2 Å². The number of nitrogen functional groups attached to an aromatic ring is 1. The van der Waals surface area contributed by atoms with Crippen LogP contribution in [0.1, 0.15) is 31.7 Å². The molecule has 2 fully saturated rings. The predicted octanol–water partition coefficient (Wildman–Crippen LogP) is 4.29. The highest BCUT2D eigenvalue weighted by Gasteiger charge is 2.43. The molecule has 0 radical (unpaired) electrons. The van der Waals surface area contributed by atoms with E-state index in [9.17, 15) is 0 Å². The number of fused-ring (bicyclic) bond motifs is 1. The number of anilines is 1. The molecule has 2 aliphatic carbocycles. The summed E-state index contributed by atoms with van der Waals surface area (Å²) in [6.45, 7) is 0. The van der Waals surface area contributed by atoms with E-state index in [1.807, 2.05) is 12.1 Å². The van der Waals surface area contributed by atoms with Crippen molar-refractivity contribution in [2.45, 2.75) is 31.7 Å². The Bertz CT molecular complexity index is 644. The van der Waals surface area contributed by atoms with Crippen molar-refractivity contribution in [1.82, 2.24) is 9.55 Å². The van der Waals surface area contributed by atoms with Crippen LogP contribution in [0.2, 0.25) is 10.0 Å². The Morgan fingerprint density at radius 1 is 1.11 bits per heavy atom. The Kier molecular flexibility index (Phi) is 2.52. The molecule has 2 N–H and O–H groups in total. The van der Waals surface area contributed by atoms with Gasteiger partial charge in [0.05, 0.1) is 21.1 Å². The van der Waals surface area contributed by atoms with Crippen LogP contribution in [0.5, 0.6) is 0 Å². The summed E-state index contributed by atoms with van der Waals surface area (Å²) < 4.78 is 2.20. The van der Waals surface area contributed by atoms with Gasteiger partial charge in [-0.15, -0.1) is 0 Å². The zero-order valence-electron chi connectivity index (χ0n) is 10.4. The number of nitrogens with two attached hydrogens (primary N) is 1. The van der Waals surface area contributed by atoms with Gasteiger partial charge in [-0.2, -0.15) is 0 Å². The quantitative estimate of drug-likeness (QED) is 0.918. The molecule has 100 valence electrons. The zero-order chi connectivity index (χ0) is 13.1. The molecule has 3 nitrogen and oxygen atoms in total. The van der Waals surface area contributed by atoms with Gasteiger partial charge in [-0.3, -0.25) is 0 Å². The molecule has 5 heteroatoms. The van der Waals surface area contributed by atoms with Crippen molar-refractivity contribution >= 4 is 40.2 Å². The molecule has 0 atom stereocenters. The predicted molar refractivity (Wildman–Crippen MR) is 78.7 cm³/mol. The van der Waals surface area contributed by atoms with Crippen LogP contribution in [0.25, 0.3) is 11.0 Å². The molecule has 1 aromatic carbocycles. The van der Waals surface area contributed by atoms with Crippen LogP contribution in [0.4, 0.5) is 5.95 Å². The molecule has 1 heterocycles. The second kappa shape index (κ2) is 4.03. The molecule has 0 amide bonds. The van der Waals surface area contributed by atoms with E-state index in [0.29, 0.717) is 22.0 Å². The standard InChI is InChI=1S/C14H15Cl2N3/c15-9-5-11-12(6-10(9)16)19(14(17)18-11)13(7-1-2-7)8-3-4-8/h5-8,13H,1-4H2,(H2,17,18). The summed E-state index contributed by atoms with van der Waals surface area (Å²) in [6, 6.07) is 4.21. The number of hydrogen-bond acceptors (Lipinski definition) is 2. The highest BCUT2D eigenvalue weighted by molar-refractivity contribution is 6.42. The first-order valence-electron chi connectivity index (χ1n) is 6.77. The molecular weight excluding hydrogens is 281 g/mol. The lowest BCUT2D eigenvalue weighted by Gasteiger charge is -2.20. The normalized spacial score (nSPS) is 19.5. The maximum Gasteiger partial charge on any atom is 0.201 e. The molecule has 4 rings (SSSR count). The maximum absolute atomic E-state index is 6.15. The number of nitrogens with zero attached hydrogens (tertiary/aromatic N) is 2. The molecule has 0 unspecified atom stereocenters. The van der Waals surface area contributed by atoms with Crippen molar-refractivity contribution in [3.05, 3.63) is 22.2 Å². The van der Waals surface area contributed by atoms with Gasteiger partial charge in [0.2, 0.25) is 5.95 Å². The van der Waals surface area contributed by atoms with Crippen molar-refractivity contribution < 1.29 is 0 Å². The Labute approximate surface area is 121 Å². The van der Waals surface area contributed by atoms with Gasteiger partial charge < -0.3 is 10.3 Å². The summed E-state index contributed by atoms with van der Waals surface area (Å²) in [5, 5.41) is 1.11. The molecule has 0 aliphatic heterocycles. The molecule has 19 heavy (non-hydrogen) atoms. The van der Waals surface area contributed by atoms with Gasteiger partial charge in [0.1, 0.15) is 0 Å². The Hall–Kier alpha value is -0.930. The Balaban J connectivity index is 1.92. The van der Waals surface area contributed by atoms with Gasteiger partial charge in [0.15, 0.2) is 0 Å². The number of rotatable bonds is 3. The van der Waals surface area contributed by atoms with Gasteiger partial charge in [0, 0.05) is 6.04 Å². The molecule has 1 aromatic heterocycles. The largest absolute Gasteiger partial charge is 0.369 e. The van der Waals surface area contributed by atoms with Crippen molar-refractivity contribution in [3.8, 4) is 0 Å². The fourth-order valence-electron chi connectivity index (χ4n) is 3.10. The van der Waals surface area contributed by atoms with E-state index in [0.717, 1.165) is 22.9 Å². The summed E-state index contributed by atoms with van der Waals surface area (Å²) in [4.78, 5) is 4.45. The highest BCUT2D eigenvalue weighted by Crippen LogP contribution is 2.53. The van der Waals surface area contributed by atoms with Crippen molar-refractivity contribution in [3.63, 3.8) is 0 Å². The second-order valence-corrected chi connectivity index (χ2v) is 6.57. The highest BCUT2D eigenvalue weighted by atomic mass is 35.5. The van der Waals surface area contributed by atoms with E-state index in [4.69, 9.17) is 28.9 Å².